The van der Waals surface area contributed by atoms with E-state index in [4.69, 9.17) is 14.3 Å². The van der Waals surface area contributed by atoms with E-state index in [2.05, 4.69) is 6.58 Å². The smallest absolute Gasteiger partial charge is 0.410 e. The number of amides is 1. The molecule has 0 unspecified atom stereocenters. The van der Waals surface area contributed by atoms with Crippen molar-refractivity contribution in [2.45, 2.75) is 19.3 Å². The second kappa shape index (κ2) is 6.97. The number of hydrogen-bond acceptors (Lipinski definition) is 4. The molecule has 2 heterocycles. The summed E-state index contributed by atoms with van der Waals surface area (Å²) in [6.07, 6.45) is 4.82. The van der Waals surface area contributed by atoms with Gasteiger partial charge in [0.1, 0.15) is 17.9 Å². The minimum atomic E-state index is -0.968. The van der Waals surface area contributed by atoms with E-state index < -0.39 is 5.97 Å². The Kier molecular flexibility index (Phi) is 5.03. The van der Waals surface area contributed by atoms with Gasteiger partial charge in [0.15, 0.2) is 0 Å². The van der Waals surface area contributed by atoms with E-state index in [0.29, 0.717) is 31.2 Å². The van der Waals surface area contributed by atoms with Gasteiger partial charge in [-0.1, -0.05) is 12.7 Å². The Labute approximate surface area is 123 Å². The summed E-state index contributed by atoms with van der Waals surface area (Å²) in [4.78, 5) is 24.4. The summed E-state index contributed by atoms with van der Waals surface area (Å²) in [5, 5.41) is 9.04. The SMILES string of the molecule is C=CCOC(=O)N1CCC(Cc2occc2C(=O)O)CC1. The van der Waals surface area contributed by atoms with Gasteiger partial charge in [0.2, 0.25) is 0 Å². The molecule has 6 nitrogen and oxygen atoms in total. The predicted molar refractivity (Wildman–Crippen MR) is 75.2 cm³/mol. The van der Waals surface area contributed by atoms with Crippen LogP contribution in [0.5, 0.6) is 0 Å². The van der Waals surface area contributed by atoms with Gasteiger partial charge in [0.25, 0.3) is 0 Å². The van der Waals surface area contributed by atoms with E-state index in [-0.39, 0.29) is 18.3 Å². The second-order valence-corrected chi connectivity index (χ2v) is 5.06. The van der Waals surface area contributed by atoms with Crippen molar-refractivity contribution in [1.82, 2.24) is 4.90 Å². The number of nitrogens with zero attached hydrogens (tertiary/aromatic N) is 1. The Morgan fingerprint density at radius 1 is 1.48 bits per heavy atom. The molecule has 0 radical (unpaired) electrons. The van der Waals surface area contributed by atoms with E-state index in [9.17, 15) is 9.59 Å². The summed E-state index contributed by atoms with van der Waals surface area (Å²) in [5.74, 6) is -0.142. The van der Waals surface area contributed by atoms with Crippen LogP contribution in [-0.2, 0) is 11.2 Å². The Bertz CT molecular complexity index is 514. The molecule has 0 bridgehead atoms. The van der Waals surface area contributed by atoms with Crippen molar-refractivity contribution in [1.29, 1.82) is 0 Å². The van der Waals surface area contributed by atoms with Gasteiger partial charge in [-0.2, -0.15) is 0 Å². The van der Waals surface area contributed by atoms with Crippen LogP contribution in [0.15, 0.2) is 29.4 Å². The van der Waals surface area contributed by atoms with Crippen LogP contribution >= 0.6 is 0 Å². The molecule has 0 aliphatic carbocycles. The lowest BCUT2D eigenvalue weighted by Crippen LogP contribution is -2.39. The number of furan rings is 1. The van der Waals surface area contributed by atoms with Crippen LogP contribution in [0, 0.1) is 5.92 Å². The predicted octanol–water partition coefficient (Wildman–Crippen LogP) is 2.55. The van der Waals surface area contributed by atoms with E-state index >= 15 is 0 Å². The van der Waals surface area contributed by atoms with Gasteiger partial charge in [-0.15, -0.1) is 0 Å². The molecule has 1 fully saturated rings. The fourth-order valence-electron chi connectivity index (χ4n) is 2.49. The van der Waals surface area contributed by atoms with Crippen LogP contribution < -0.4 is 0 Å². The first-order chi connectivity index (χ1) is 10.1. The summed E-state index contributed by atoms with van der Waals surface area (Å²) in [7, 11) is 0. The number of ether oxygens (including phenoxy) is 1. The second-order valence-electron chi connectivity index (χ2n) is 5.06. The third kappa shape index (κ3) is 3.87. The summed E-state index contributed by atoms with van der Waals surface area (Å²) < 4.78 is 10.3. The summed E-state index contributed by atoms with van der Waals surface area (Å²) in [5.41, 5.74) is 0.225. The lowest BCUT2D eigenvalue weighted by Gasteiger charge is -2.30. The summed E-state index contributed by atoms with van der Waals surface area (Å²) in [6, 6.07) is 1.47. The van der Waals surface area contributed by atoms with Crippen LogP contribution in [0.4, 0.5) is 4.79 Å². The van der Waals surface area contributed by atoms with Gasteiger partial charge >= 0.3 is 12.1 Å². The molecule has 2 rings (SSSR count). The van der Waals surface area contributed by atoms with Crippen LogP contribution in [0.25, 0.3) is 0 Å². The molecule has 6 heteroatoms. The zero-order valence-corrected chi connectivity index (χ0v) is 11.8. The molecule has 1 N–H and O–H groups in total. The molecular formula is C15H19NO5. The first kappa shape index (κ1) is 15.2. The average molecular weight is 293 g/mol. The highest BCUT2D eigenvalue weighted by molar-refractivity contribution is 5.88. The first-order valence-corrected chi connectivity index (χ1v) is 6.94. The molecule has 1 aromatic rings. The number of carboxylic acid groups (broad SMARTS) is 1. The largest absolute Gasteiger partial charge is 0.478 e. The number of carboxylic acids is 1. The maximum absolute atomic E-state index is 11.7. The highest BCUT2D eigenvalue weighted by Gasteiger charge is 2.26. The Balaban J connectivity index is 1.84. The van der Waals surface area contributed by atoms with E-state index in [0.717, 1.165) is 12.8 Å². The van der Waals surface area contributed by atoms with E-state index in [1.807, 2.05) is 0 Å². The van der Waals surface area contributed by atoms with Crippen molar-refractivity contribution >= 4 is 12.1 Å². The van der Waals surface area contributed by atoms with Crippen molar-refractivity contribution in [3.05, 3.63) is 36.3 Å². The maximum Gasteiger partial charge on any atom is 0.410 e. The summed E-state index contributed by atoms with van der Waals surface area (Å²) in [6.45, 7) is 4.94. The lowest BCUT2D eigenvalue weighted by atomic mass is 9.92. The van der Waals surface area contributed by atoms with Gasteiger partial charge in [-0.3, -0.25) is 0 Å². The molecule has 0 aromatic carbocycles. The zero-order valence-electron chi connectivity index (χ0n) is 11.8. The molecule has 21 heavy (non-hydrogen) atoms. The van der Waals surface area contributed by atoms with Crippen molar-refractivity contribution in [3.63, 3.8) is 0 Å². The Morgan fingerprint density at radius 3 is 2.81 bits per heavy atom. The molecule has 0 saturated carbocycles. The molecular weight excluding hydrogens is 274 g/mol. The molecule has 1 aromatic heterocycles. The third-order valence-corrected chi connectivity index (χ3v) is 3.65. The number of carbonyl (C=O) groups excluding carboxylic acids is 1. The van der Waals surface area contributed by atoms with E-state index in [1.165, 1.54) is 18.4 Å². The van der Waals surface area contributed by atoms with Gasteiger partial charge in [-0.05, 0) is 24.8 Å². The lowest BCUT2D eigenvalue weighted by molar-refractivity contribution is 0.0693. The van der Waals surface area contributed by atoms with Crippen LogP contribution in [0.1, 0.15) is 29.0 Å². The minimum Gasteiger partial charge on any atom is -0.478 e. The normalized spacial score (nSPS) is 15.7. The van der Waals surface area contributed by atoms with Crippen molar-refractivity contribution in [2.24, 2.45) is 5.92 Å². The molecule has 1 amide bonds. The Hall–Kier alpha value is -2.24. The number of likely N-dealkylation sites (tertiary alicyclic amines) is 1. The van der Waals surface area contributed by atoms with Crippen molar-refractivity contribution in [3.8, 4) is 0 Å². The van der Waals surface area contributed by atoms with Crippen LogP contribution in [0.2, 0.25) is 0 Å². The van der Waals surface area contributed by atoms with E-state index in [1.54, 1.807) is 4.90 Å². The Morgan fingerprint density at radius 2 is 2.19 bits per heavy atom. The highest BCUT2D eigenvalue weighted by atomic mass is 16.6. The van der Waals surface area contributed by atoms with Crippen LogP contribution in [0.3, 0.4) is 0 Å². The topological polar surface area (TPSA) is 80.0 Å². The minimum absolute atomic E-state index is 0.215. The monoisotopic (exact) mass is 293 g/mol. The van der Waals surface area contributed by atoms with Gasteiger partial charge in [-0.25, -0.2) is 9.59 Å². The van der Waals surface area contributed by atoms with Gasteiger partial charge in [0.05, 0.1) is 6.26 Å². The zero-order chi connectivity index (χ0) is 15.2. The van der Waals surface area contributed by atoms with Crippen molar-refractivity contribution < 1.29 is 23.8 Å². The number of aromatic carboxylic acids is 1. The standard InChI is InChI=1S/C15H19NO5/c1-2-8-21-15(19)16-6-3-11(4-7-16)10-13-12(14(17)18)5-9-20-13/h2,5,9,11H,1,3-4,6-8,10H2,(H,17,18). The van der Waals surface area contributed by atoms with Crippen molar-refractivity contribution in [2.75, 3.05) is 19.7 Å². The summed E-state index contributed by atoms with van der Waals surface area (Å²) >= 11 is 0. The molecule has 1 aliphatic heterocycles. The number of rotatable bonds is 5. The number of carbonyl (C=O) groups is 2. The maximum atomic E-state index is 11.7. The quantitative estimate of drug-likeness (QED) is 0.844. The fraction of sp³-hybridized carbons (Fsp3) is 0.467. The van der Waals surface area contributed by atoms with Gasteiger partial charge in [0, 0.05) is 19.5 Å². The van der Waals surface area contributed by atoms with Gasteiger partial charge < -0.3 is 19.2 Å². The molecule has 1 saturated heterocycles. The van der Waals surface area contributed by atoms with Crippen LogP contribution in [-0.4, -0.2) is 41.8 Å². The highest BCUT2D eigenvalue weighted by Crippen LogP contribution is 2.24. The average Bonchev–Trinajstić information content (AvgIpc) is 2.94. The fourth-order valence-corrected chi connectivity index (χ4v) is 2.49. The molecule has 1 aliphatic rings. The molecule has 0 atom stereocenters. The molecule has 0 spiro atoms. The number of hydrogen-bond donors (Lipinski definition) is 1. The third-order valence-electron chi connectivity index (χ3n) is 3.65. The molecule has 114 valence electrons. The first-order valence-electron chi connectivity index (χ1n) is 6.94. The number of piperidine rings is 1.